The number of hydrogen-bond acceptors (Lipinski definition) is 4. The second-order valence-electron chi connectivity index (χ2n) is 5.89. The average Bonchev–Trinajstić information content (AvgIpc) is 2.63. The highest BCUT2D eigenvalue weighted by Crippen LogP contribution is 2.19. The molecular formula is C19H23BrN2O4S. The van der Waals surface area contributed by atoms with Gasteiger partial charge in [-0.25, -0.2) is 13.1 Å². The van der Waals surface area contributed by atoms with Gasteiger partial charge in [0.05, 0.1) is 11.5 Å². The minimum atomic E-state index is -3.63. The average molecular weight is 455 g/mol. The number of ether oxygens (including phenoxy) is 1. The molecule has 0 fully saturated rings. The lowest BCUT2D eigenvalue weighted by Crippen LogP contribution is -2.32. The van der Waals surface area contributed by atoms with E-state index >= 15 is 0 Å². The summed E-state index contributed by atoms with van der Waals surface area (Å²) in [6, 6.07) is 13.9. The van der Waals surface area contributed by atoms with Gasteiger partial charge in [-0.05, 0) is 37.3 Å². The monoisotopic (exact) mass is 454 g/mol. The number of amides is 1. The zero-order chi connectivity index (χ0) is 19.9. The van der Waals surface area contributed by atoms with Crippen molar-refractivity contribution in [3.8, 4) is 5.75 Å². The van der Waals surface area contributed by atoms with Gasteiger partial charge in [-0.1, -0.05) is 34.1 Å². The van der Waals surface area contributed by atoms with Crippen molar-refractivity contribution in [1.29, 1.82) is 0 Å². The van der Waals surface area contributed by atoms with Crippen LogP contribution >= 0.6 is 15.9 Å². The summed E-state index contributed by atoms with van der Waals surface area (Å²) in [4.78, 5) is 14.1. The molecule has 0 saturated heterocycles. The van der Waals surface area contributed by atoms with E-state index in [1.807, 2.05) is 31.2 Å². The van der Waals surface area contributed by atoms with Crippen molar-refractivity contribution in [2.45, 2.75) is 24.8 Å². The molecule has 0 saturated carbocycles. The minimum absolute atomic E-state index is 0.0364. The van der Waals surface area contributed by atoms with Gasteiger partial charge < -0.3 is 9.64 Å². The van der Waals surface area contributed by atoms with E-state index in [-0.39, 0.29) is 23.8 Å². The van der Waals surface area contributed by atoms with Crippen LogP contribution in [0.1, 0.15) is 18.9 Å². The molecular weight excluding hydrogens is 432 g/mol. The second-order valence-corrected chi connectivity index (χ2v) is 8.57. The van der Waals surface area contributed by atoms with Crippen LogP contribution in [-0.4, -0.2) is 39.4 Å². The van der Waals surface area contributed by atoms with Crippen LogP contribution in [0.5, 0.6) is 5.75 Å². The van der Waals surface area contributed by atoms with Crippen LogP contribution in [0.25, 0.3) is 0 Å². The van der Waals surface area contributed by atoms with Crippen LogP contribution in [-0.2, 0) is 21.4 Å². The Kier molecular flexibility index (Phi) is 7.82. The molecule has 2 aromatic carbocycles. The molecule has 8 heteroatoms. The lowest BCUT2D eigenvalue weighted by atomic mass is 10.2. The highest BCUT2D eigenvalue weighted by atomic mass is 79.9. The van der Waals surface area contributed by atoms with Crippen molar-refractivity contribution in [2.75, 3.05) is 20.2 Å². The Balaban J connectivity index is 1.89. The highest BCUT2D eigenvalue weighted by molar-refractivity contribution is 9.10. The van der Waals surface area contributed by atoms with E-state index < -0.39 is 10.0 Å². The third-order valence-corrected chi connectivity index (χ3v) is 5.87. The predicted molar refractivity (Wildman–Crippen MR) is 108 cm³/mol. The lowest BCUT2D eigenvalue weighted by molar-refractivity contribution is -0.130. The fourth-order valence-corrected chi connectivity index (χ4v) is 3.75. The first kappa shape index (κ1) is 21.4. The van der Waals surface area contributed by atoms with Crippen LogP contribution < -0.4 is 9.46 Å². The molecule has 2 rings (SSSR count). The van der Waals surface area contributed by atoms with E-state index in [0.29, 0.717) is 13.2 Å². The Morgan fingerprint density at radius 2 is 1.81 bits per heavy atom. The summed E-state index contributed by atoms with van der Waals surface area (Å²) in [5.74, 6) is 0.593. The molecule has 2 aromatic rings. The van der Waals surface area contributed by atoms with Crippen LogP contribution in [0.2, 0.25) is 0 Å². The molecule has 0 aliphatic carbocycles. The summed E-state index contributed by atoms with van der Waals surface area (Å²) < 4.78 is 33.3. The van der Waals surface area contributed by atoms with E-state index in [1.165, 1.54) is 12.1 Å². The van der Waals surface area contributed by atoms with Crippen molar-refractivity contribution >= 4 is 31.9 Å². The zero-order valence-electron chi connectivity index (χ0n) is 15.3. The van der Waals surface area contributed by atoms with E-state index in [9.17, 15) is 13.2 Å². The third-order valence-electron chi connectivity index (χ3n) is 3.86. The Bertz CT molecular complexity index is 870. The Labute approximate surface area is 168 Å². The molecule has 1 amide bonds. The fraction of sp³-hybridized carbons (Fsp3) is 0.316. The quantitative estimate of drug-likeness (QED) is 0.631. The number of para-hydroxylation sites is 1. The predicted octanol–water partition coefficient (Wildman–Crippen LogP) is 3.17. The molecule has 0 spiro atoms. The molecule has 0 aliphatic rings. The van der Waals surface area contributed by atoms with E-state index in [4.69, 9.17) is 4.74 Å². The van der Waals surface area contributed by atoms with Crippen molar-refractivity contribution in [3.05, 3.63) is 58.6 Å². The number of benzene rings is 2. The lowest BCUT2D eigenvalue weighted by Gasteiger charge is -2.19. The molecule has 0 atom stereocenters. The summed E-state index contributed by atoms with van der Waals surface area (Å²) in [5, 5.41) is 0. The van der Waals surface area contributed by atoms with Crippen molar-refractivity contribution in [2.24, 2.45) is 0 Å². The van der Waals surface area contributed by atoms with Crippen molar-refractivity contribution < 1.29 is 17.9 Å². The minimum Gasteiger partial charge on any atom is -0.494 e. The van der Waals surface area contributed by atoms with Gasteiger partial charge in [0.1, 0.15) is 5.75 Å². The molecule has 0 aromatic heterocycles. The second kappa shape index (κ2) is 9.87. The smallest absolute Gasteiger partial charge is 0.240 e. The van der Waals surface area contributed by atoms with Gasteiger partial charge in [0.15, 0.2) is 0 Å². The largest absolute Gasteiger partial charge is 0.494 e. The van der Waals surface area contributed by atoms with Gasteiger partial charge in [0.2, 0.25) is 15.9 Å². The van der Waals surface area contributed by atoms with Crippen LogP contribution in [0.4, 0.5) is 0 Å². The Morgan fingerprint density at radius 3 is 2.48 bits per heavy atom. The number of sulfonamides is 1. The summed E-state index contributed by atoms with van der Waals surface area (Å²) in [7, 11) is -1.94. The zero-order valence-corrected chi connectivity index (χ0v) is 17.7. The maximum absolute atomic E-state index is 12.3. The van der Waals surface area contributed by atoms with Gasteiger partial charge in [0, 0.05) is 36.6 Å². The molecule has 6 nitrogen and oxygen atoms in total. The Morgan fingerprint density at radius 1 is 1.15 bits per heavy atom. The first-order chi connectivity index (χ1) is 12.8. The van der Waals surface area contributed by atoms with E-state index in [2.05, 4.69) is 20.7 Å². The van der Waals surface area contributed by atoms with Gasteiger partial charge in [-0.15, -0.1) is 0 Å². The van der Waals surface area contributed by atoms with Crippen LogP contribution in [0.3, 0.4) is 0 Å². The van der Waals surface area contributed by atoms with Gasteiger partial charge in [0.25, 0.3) is 0 Å². The molecule has 146 valence electrons. The summed E-state index contributed by atoms with van der Waals surface area (Å²) in [6.45, 7) is 2.89. The van der Waals surface area contributed by atoms with Crippen LogP contribution in [0.15, 0.2) is 57.9 Å². The first-order valence-corrected chi connectivity index (χ1v) is 10.8. The standard InChI is InChI=1S/C19H23BrN2O4S/c1-3-26-18-7-5-4-6-15(18)14-22(2)19(23)12-13-21-27(24,25)17-10-8-16(20)9-11-17/h4-11,21H,3,12-14H2,1-2H3. The molecule has 1 N–H and O–H groups in total. The summed E-state index contributed by atoms with van der Waals surface area (Å²) >= 11 is 3.27. The fourth-order valence-electron chi connectivity index (χ4n) is 2.45. The van der Waals surface area contributed by atoms with Crippen molar-refractivity contribution in [1.82, 2.24) is 9.62 Å². The number of carbonyl (C=O) groups is 1. The van der Waals surface area contributed by atoms with E-state index in [1.54, 1.807) is 24.1 Å². The van der Waals surface area contributed by atoms with E-state index in [0.717, 1.165) is 15.8 Å². The maximum Gasteiger partial charge on any atom is 0.240 e. The first-order valence-electron chi connectivity index (χ1n) is 8.53. The number of halogens is 1. The number of carbonyl (C=O) groups excluding carboxylic acids is 1. The highest BCUT2D eigenvalue weighted by Gasteiger charge is 2.16. The van der Waals surface area contributed by atoms with Crippen LogP contribution in [0, 0.1) is 0 Å². The normalized spacial score (nSPS) is 11.2. The third kappa shape index (κ3) is 6.34. The maximum atomic E-state index is 12.3. The molecule has 0 radical (unpaired) electrons. The Hall–Kier alpha value is -1.90. The summed E-state index contributed by atoms with van der Waals surface area (Å²) in [6.07, 6.45) is 0.0725. The van der Waals surface area contributed by atoms with Gasteiger partial charge in [-0.3, -0.25) is 4.79 Å². The number of hydrogen-bond donors (Lipinski definition) is 1. The number of rotatable bonds is 9. The van der Waals surface area contributed by atoms with Gasteiger partial charge >= 0.3 is 0 Å². The molecule has 0 bridgehead atoms. The molecule has 0 aliphatic heterocycles. The molecule has 0 heterocycles. The molecule has 0 unspecified atom stereocenters. The topological polar surface area (TPSA) is 75.7 Å². The SMILES string of the molecule is CCOc1ccccc1CN(C)C(=O)CCNS(=O)(=O)c1ccc(Br)cc1. The number of nitrogens with zero attached hydrogens (tertiary/aromatic N) is 1. The van der Waals surface area contributed by atoms with Crippen molar-refractivity contribution in [3.63, 3.8) is 0 Å². The number of nitrogens with one attached hydrogen (secondary N) is 1. The molecule has 27 heavy (non-hydrogen) atoms. The van der Waals surface area contributed by atoms with Gasteiger partial charge in [-0.2, -0.15) is 0 Å². The summed E-state index contributed by atoms with van der Waals surface area (Å²) in [5.41, 5.74) is 0.908.